The van der Waals surface area contributed by atoms with Crippen molar-refractivity contribution < 1.29 is 13.9 Å². The van der Waals surface area contributed by atoms with E-state index in [1.165, 1.54) is 12.1 Å². The van der Waals surface area contributed by atoms with Gasteiger partial charge in [0.1, 0.15) is 11.6 Å². The molecule has 0 bridgehead atoms. The zero-order valence-corrected chi connectivity index (χ0v) is 16.9. The lowest BCUT2D eigenvalue weighted by Crippen LogP contribution is -2.37. The van der Waals surface area contributed by atoms with Crippen molar-refractivity contribution in [3.8, 4) is 11.4 Å². The summed E-state index contributed by atoms with van der Waals surface area (Å²) in [4.78, 5) is 2.21. The minimum absolute atomic E-state index is 0.260. The molecule has 1 saturated heterocycles. The Balaban J connectivity index is 1.40. The van der Waals surface area contributed by atoms with E-state index in [4.69, 9.17) is 9.47 Å². The Morgan fingerprint density at radius 2 is 1.76 bits per heavy atom. The van der Waals surface area contributed by atoms with Crippen LogP contribution in [0.2, 0.25) is 0 Å². The van der Waals surface area contributed by atoms with Crippen LogP contribution in [0.15, 0.2) is 59.8 Å². The fourth-order valence-corrected chi connectivity index (χ4v) is 3.93. The third-order valence-corrected chi connectivity index (χ3v) is 5.54. The van der Waals surface area contributed by atoms with Crippen molar-refractivity contribution in [1.29, 1.82) is 0 Å². The van der Waals surface area contributed by atoms with Gasteiger partial charge in [-0.2, -0.15) is 0 Å². The topological polar surface area (TPSA) is 52.4 Å². The summed E-state index contributed by atoms with van der Waals surface area (Å²) in [5.41, 5.74) is 1.05. The van der Waals surface area contributed by atoms with Gasteiger partial charge in [0, 0.05) is 18.8 Å². The van der Waals surface area contributed by atoms with Gasteiger partial charge >= 0.3 is 0 Å². The van der Waals surface area contributed by atoms with Crippen LogP contribution in [0.3, 0.4) is 0 Å². The number of nitrogens with zero attached hydrogens (tertiary/aromatic N) is 4. The van der Waals surface area contributed by atoms with Crippen LogP contribution in [-0.2, 0) is 4.74 Å². The molecule has 0 atom stereocenters. The molecular formula is C21H23FN4O2S. The lowest BCUT2D eigenvalue weighted by Gasteiger charge is -2.27. The van der Waals surface area contributed by atoms with Crippen LogP contribution in [0.1, 0.15) is 6.42 Å². The van der Waals surface area contributed by atoms with Gasteiger partial charge in [0.05, 0.1) is 25.5 Å². The number of halogens is 1. The lowest BCUT2D eigenvalue weighted by atomic mass is 10.3. The second-order valence-electron chi connectivity index (χ2n) is 6.56. The summed E-state index contributed by atoms with van der Waals surface area (Å²) < 4.78 is 26.2. The molecule has 0 spiro atoms. The van der Waals surface area contributed by atoms with Gasteiger partial charge in [-0.3, -0.25) is 4.57 Å². The van der Waals surface area contributed by atoms with Crippen molar-refractivity contribution in [1.82, 2.24) is 14.8 Å². The molecule has 3 aromatic rings. The number of hydrogen-bond donors (Lipinski definition) is 0. The standard InChI is InChI=1S/C21H23FN4O2S/c22-17-7-9-19(10-8-17)28-13-4-16-29-21-24-23-20(25-11-14-27-15-12-25)26(21)18-5-2-1-3-6-18/h1-3,5-10H,4,11-16H2. The summed E-state index contributed by atoms with van der Waals surface area (Å²) in [7, 11) is 0. The fraction of sp³-hybridized carbons (Fsp3) is 0.333. The van der Waals surface area contributed by atoms with Crippen LogP contribution in [0.25, 0.3) is 5.69 Å². The number of anilines is 1. The van der Waals surface area contributed by atoms with E-state index in [2.05, 4.69) is 31.8 Å². The highest BCUT2D eigenvalue weighted by Gasteiger charge is 2.21. The Hall–Kier alpha value is -2.58. The highest BCUT2D eigenvalue weighted by Crippen LogP contribution is 2.27. The van der Waals surface area contributed by atoms with E-state index in [1.54, 1.807) is 23.9 Å². The second-order valence-corrected chi connectivity index (χ2v) is 7.62. The number of hydrogen-bond acceptors (Lipinski definition) is 6. The van der Waals surface area contributed by atoms with Crippen LogP contribution in [0, 0.1) is 5.82 Å². The quantitative estimate of drug-likeness (QED) is 0.413. The van der Waals surface area contributed by atoms with Gasteiger partial charge in [-0.1, -0.05) is 30.0 Å². The van der Waals surface area contributed by atoms with Gasteiger partial charge in [0.2, 0.25) is 5.95 Å². The second kappa shape index (κ2) is 9.76. The van der Waals surface area contributed by atoms with E-state index in [0.717, 1.165) is 42.1 Å². The number of ether oxygens (including phenoxy) is 2. The maximum absolute atomic E-state index is 12.9. The molecule has 4 rings (SSSR count). The monoisotopic (exact) mass is 414 g/mol. The molecule has 1 aliphatic heterocycles. The maximum atomic E-state index is 12.9. The van der Waals surface area contributed by atoms with Gasteiger partial charge in [-0.05, 0) is 42.8 Å². The fourth-order valence-electron chi connectivity index (χ4n) is 3.07. The predicted molar refractivity (Wildman–Crippen MR) is 112 cm³/mol. The van der Waals surface area contributed by atoms with Crippen molar-refractivity contribution in [3.63, 3.8) is 0 Å². The Morgan fingerprint density at radius 1 is 1.00 bits per heavy atom. The van der Waals surface area contributed by atoms with E-state index in [-0.39, 0.29) is 5.82 Å². The van der Waals surface area contributed by atoms with E-state index in [1.807, 2.05) is 18.2 Å². The summed E-state index contributed by atoms with van der Waals surface area (Å²) in [6, 6.07) is 16.3. The summed E-state index contributed by atoms with van der Waals surface area (Å²) in [5.74, 6) is 2.11. The van der Waals surface area contributed by atoms with Gasteiger partial charge < -0.3 is 14.4 Å². The summed E-state index contributed by atoms with van der Waals surface area (Å²) in [5, 5.41) is 9.77. The van der Waals surface area contributed by atoms with Crippen molar-refractivity contribution in [2.45, 2.75) is 11.6 Å². The molecule has 0 unspecified atom stereocenters. The average molecular weight is 415 g/mol. The number of aromatic nitrogens is 3. The molecule has 29 heavy (non-hydrogen) atoms. The Bertz CT molecular complexity index is 899. The van der Waals surface area contributed by atoms with Gasteiger partial charge in [-0.25, -0.2) is 4.39 Å². The van der Waals surface area contributed by atoms with Crippen LogP contribution < -0.4 is 9.64 Å². The summed E-state index contributed by atoms with van der Waals surface area (Å²) in [6.45, 7) is 3.58. The minimum atomic E-state index is -0.260. The normalized spacial score (nSPS) is 14.2. The van der Waals surface area contributed by atoms with Crippen molar-refractivity contribution in [3.05, 3.63) is 60.4 Å². The molecular weight excluding hydrogens is 391 g/mol. The van der Waals surface area contributed by atoms with Crippen LogP contribution in [0.4, 0.5) is 10.3 Å². The van der Waals surface area contributed by atoms with E-state index < -0.39 is 0 Å². The zero-order chi connectivity index (χ0) is 19.9. The number of rotatable bonds is 8. The summed E-state index contributed by atoms with van der Waals surface area (Å²) in [6.07, 6.45) is 0.844. The van der Waals surface area contributed by atoms with Crippen molar-refractivity contribution in [2.75, 3.05) is 43.6 Å². The van der Waals surface area contributed by atoms with Gasteiger partial charge in [0.25, 0.3) is 0 Å². The van der Waals surface area contributed by atoms with Crippen LogP contribution in [0.5, 0.6) is 5.75 Å². The van der Waals surface area contributed by atoms with E-state index in [0.29, 0.717) is 25.6 Å². The third-order valence-electron chi connectivity index (χ3n) is 4.53. The number of thioether (sulfide) groups is 1. The average Bonchev–Trinajstić information content (AvgIpc) is 3.20. The minimum Gasteiger partial charge on any atom is -0.494 e. The first-order valence-corrected chi connectivity index (χ1v) is 10.6. The zero-order valence-electron chi connectivity index (χ0n) is 16.0. The Kier molecular flexibility index (Phi) is 6.63. The lowest BCUT2D eigenvalue weighted by molar-refractivity contribution is 0.122. The smallest absolute Gasteiger partial charge is 0.232 e. The van der Waals surface area contributed by atoms with Crippen molar-refractivity contribution >= 4 is 17.7 Å². The SMILES string of the molecule is Fc1ccc(OCCCSc2nnc(N3CCOCC3)n2-c2ccccc2)cc1. The van der Waals surface area contributed by atoms with Gasteiger partial charge in [0.15, 0.2) is 5.16 Å². The maximum Gasteiger partial charge on any atom is 0.232 e. The van der Waals surface area contributed by atoms with Crippen LogP contribution >= 0.6 is 11.8 Å². The summed E-state index contributed by atoms with van der Waals surface area (Å²) >= 11 is 1.66. The highest BCUT2D eigenvalue weighted by molar-refractivity contribution is 7.99. The van der Waals surface area contributed by atoms with Gasteiger partial charge in [-0.15, -0.1) is 10.2 Å². The van der Waals surface area contributed by atoms with Crippen LogP contribution in [-0.4, -0.2) is 53.4 Å². The van der Waals surface area contributed by atoms with E-state index >= 15 is 0 Å². The Morgan fingerprint density at radius 3 is 2.52 bits per heavy atom. The number of morpholine rings is 1. The highest BCUT2D eigenvalue weighted by atomic mass is 32.2. The molecule has 1 aliphatic rings. The molecule has 0 radical (unpaired) electrons. The number of benzene rings is 2. The molecule has 0 aliphatic carbocycles. The molecule has 1 aromatic heterocycles. The predicted octanol–water partition coefficient (Wildman–Crippen LogP) is 3.80. The number of para-hydroxylation sites is 1. The Labute approximate surface area is 173 Å². The first kappa shape index (κ1) is 19.7. The van der Waals surface area contributed by atoms with Crippen molar-refractivity contribution in [2.24, 2.45) is 0 Å². The molecule has 0 saturated carbocycles. The molecule has 2 aromatic carbocycles. The first-order chi connectivity index (χ1) is 14.3. The molecule has 152 valence electrons. The third kappa shape index (κ3) is 5.07. The molecule has 1 fully saturated rings. The first-order valence-electron chi connectivity index (χ1n) is 9.66. The molecule has 2 heterocycles. The molecule has 0 amide bonds. The van der Waals surface area contributed by atoms with E-state index in [9.17, 15) is 4.39 Å². The molecule has 0 N–H and O–H groups in total. The largest absolute Gasteiger partial charge is 0.494 e. The molecule has 8 heteroatoms. The molecule has 6 nitrogen and oxygen atoms in total.